The number of hydrogen-bond donors (Lipinski definition) is 0. The Bertz CT molecular complexity index is 731. The quantitative estimate of drug-likeness (QED) is 0.367. The molecule has 0 radical (unpaired) electrons. The van der Waals surface area contributed by atoms with Crippen molar-refractivity contribution in [3.8, 4) is 23.0 Å². The molecule has 0 atom stereocenters. The Hall–Kier alpha value is -2.00. The van der Waals surface area contributed by atoms with E-state index in [-0.39, 0.29) is 0 Å². The van der Waals surface area contributed by atoms with E-state index in [2.05, 4.69) is 74.2 Å². The SMILES string of the molecule is CCCCCCc1ccc(-c2ccc(C#CC3CCC(C)CC3)cc2)cc1. The molecule has 0 N–H and O–H groups in total. The second-order valence-corrected chi connectivity index (χ2v) is 8.31. The molecule has 0 heterocycles. The molecule has 0 bridgehead atoms. The topological polar surface area (TPSA) is 0 Å². The van der Waals surface area contributed by atoms with Gasteiger partial charge in [-0.05, 0) is 73.3 Å². The molecule has 0 heteroatoms. The van der Waals surface area contributed by atoms with Gasteiger partial charge in [-0.3, -0.25) is 0 Å². The number of benzene rings is 2. The zero-order chi connectivity index (χ0) is 18.9. The maximum Gasteiger partial charge on any atom is 0.0245 e. The van der Waals surface area contributed by atoms with Crippen LogP contribution in [0.3, 0.4) is 0 Å². The maximum absolute atomic E-state index is 3.50. The first kappa shape index (κ1) is 19.8. The molecular formula is C27H34. The summed E-state index contributed by atoms with van der Waals surface area (Å²) in [6, 6.07) is 17.9. The van der Waals surface area contributed by atoms with Gasteiger partial charge in [0.15, 0.2) is 0 Å². The van der Waals surface area contributed by atoms with Crippen molar-refractivity contribution in [1.82, 2.24) is 0 Å². The third kappa shape index (κ3) is 6.28. The summed E-state index contributed by atoms with van der Waals surface area (Å²) in [4.78, 5) is 0. The highest BCUT2D eigenvalue weighted by Crippen LogP contribution is 2.28. The predicted molar refractivity (Wildman–Crippen MR) is 118 cm³/mol. The van der Waals surface area contributed by atoms with Gasteiger partial charge in [0.1, 0.15) is 0 Å². The monoisotopic (exact) mass is 358 g/mol. The van der Waals surface area contributed by atoms with E-state index in [1.807, 2.05) is 0 Å². The smallest absolute Gasteiger partial charge is 0.0245 e. The molecule has 0 aromatic heterocycles. The molecule has 0 spiro atoms. The Labute approximate surface area is 166 Å². The van der Waals surface area contributed by atoms with Gasteiger partial charge >= 0.3 is 0 Å². The fourth-order valence-corrected chi connectivity index (χ4v) is 3.96. The zero-order valence-corrected chi connectivity index (χ0v) is 17.1. The van der Waals surface area contributed by atoms with E-state index >= 15 is 0 Å². The summed E-state index contributed by atoms with van der Waals surface area (Å²) in [5.41, 5.74) is 5.18. The Balaban J connectivity index is 1.55. The van der Waals surface area contributed by atoms with E-state index in [4.69, 9.17) is 0 Å². The van der Waals surface area contributed by atoms with Crippen molar-refractivity contribution in [2.45, 2.75) is 71.6 Å². The largest absolute Gasteiger partial charge is 0.0945 e. The Morgan fingerprint density at radius 3 is 2.04 bits per heavy atom. The molecule has 0 amide bonds. The Kier molecular flexibility index (Phi) is 7.58. The fraction of sp³-hybridized carbons (Fsp3) is 0.481. The van der Waals surface area contributed by atoms with Crippen molar-refractivity contribution in [2.24, 2.45) is 11.8 Å². The molecule has 2 aromatic carbocycles. The van der Waals surface area contributed by atoms with Crippen LogP contribution in [0.15, 0.2) is 48.5 Å². The molecule has 2 aromatic rings. The fourth-order valence-electron chi connectivity index (χ4n) is 3.96. The lowest BCUT2D eigenvalue weighted by molar-refractivity contribution is 0.337. The van der Waals surface area contributed by atoms with Crippen LogP contribution in [0, 0.1) is 23.7 Å². The van der Waals surface area contributed by atoms with Crippen molar-refractivity contribution >= 4 is 0 Å². The van der Waals surface area contributed by atoms with E-state index in [0.29, 0.717) is 5.92 Å². The molecule has 1 fully saturated rings. The summed E-state index contributed by atoms with van der Waals surface area (Å²) in [7, 11) is 0. The molecule has 0 aliphatic heterocycles. The number of aryl methyl sites for hydroxylation is 1. The standard InChI is InChI=1S/C27H34/c1-3-4-5-6-7-23-14-18-26(19-15-23)27-20-16-25(17-21-27)13-12-24-10-8-22(2)9-11-24/h14-22,24H,3-11H2,1-2H3. The highest BCUT2D eigenvalue weighted by atomic mass is 14.2. The number of hydrogen-bond acceptors (Lipinski definition) is 0. The van der Waals surface area contributed by atoms with Crippen molar-refractivity contribution in [3.05, 3.63) is 59.7 Å². The van der Waals surface area contributed by atoms with Crippen LogP contribution in [0.2, 0.25) is 0 Å². The lowest BCUT2D eigenvalue weighted by atomic mass is 9.83. The van der Waals surface area contributed by atoms with Gasteiger partial charge in [0.25, 0.3) is 0 Å². The van der Waals surface area contributed by atoms with Crippen LogP contribution >= 0.6 is 0 Å². The Morgan fingerprint density at radius 1 is 0.778 bits per heavy atom. The van der Waals surface area contributed by atoms with E-state index in [9.17, 15) is 0 Å². The van der Waals surface area contributed by atoms with Crippen LogP contribution in [0.25, 0.3) is 11.1 Å². The van der Waals surface area contributed by atoms with E-state index in [1.54, 1.807) is 0 Å². The van der Waals surface area contributed by atoms with Gasteiger partial charge < -0.3 is 0 Å². The minimum absolute atomic E-state index is 0.603. The summed E-state index contributed by atoms with van der Waals surface area (Å²) < 4.78 is 0. The van der Waals surface area contributed by atoms with Gasteiger partial charge in [0.2, 0.25) is 0 Å². The molecule has 0 saturated heterocycles. The van der Waals surface area contributed by atoms with E-state index in [1.165, 1.54) is 74.5 Å². The highest BCUT2D eigenvalue weighted by Gasteiger charge is 2.15. The van der Waals surface area contributed by atoms with Crippen molar-refractivity contribution in [1.29, 1.82) is 0 Å². The van der Waals surface area contributed by atoms with Crippen molar-refractivity contribution in [2.75, 3.05) is 0 Å². The molecule has 0 nitrogen and oxygen atoms in total. The summed E-state index contributed by atoms with van der Waals surface area (Å²) in [6.45, 7) is 4.63. The van der Waals surface area contributed by atoms with Gasteiger partial charge in [-0.15, -0.1) is 0 Å². The first-order valence-electron chi connectivity index (χ1n) is 11.0. The molecule has 142 valence electrons. The van der Waals surface area contributed by atoms with E-state index < -0.39 is 0 Å². The minimum Gasteiger partial charge on any atom is -0.0945 e. The normalized spacial score (nSPS) is 19.3. The highest BCUT2D eigenvalue weighted by molar-refractivity contribution is 5.64. The minimum atomic E-state index is 0.603. The summed E-state index contributed by atoms with van der Waals surface area (Å²) in [5, 5.41) is 0. The molecule has 1 aliphatic rings. The van der Waals surface area contributed by atoms with Crippen LogP contribution in [-0.2, 0) is 6.42 Å². The summed E-state index contributed by atoms with van der Waals surface area (Å²) in [5.74, 6) is 8.40. The second kappa shape index (κ2) is 10.4. The second-order valence-electron chi connectivity index (χ2n) is 8.31. The van der Waals surface area contributed by atoms with Crippen LogP contribution in [0.4, 0.5) is 0 Å². The van der Waals surface area contributed by atoms with Crippen LogP contribution in [0.5, 0.6) is 0 Å². The third-order valence-corrected chi connectivity index (χ3v) is 5.93. The lowest BCUT2D eigenvalue weighted by Crippen LogP contribution is -2.10. The van der Waals surface area contributed by atoms with Gasteiger partial charge in [0.05, 0.1) is 0 Å². The van der Waals surface area contributed by atoms with Crippen LogP contribution < -0.4 is 0 Å². The molecule has 1 aliphatic carbocycles. The molecule has 27 heavy (non-hydrogen) atoms. The van der Waals surface area contributed by atoms with Crippen LogP contribution in [-0.4, -0.2) is 0 Å². The zero-order valence-electron chi connectivity index (χ0n) is 17.1. The average Bonchev–Trinajstić information content (AvgIpc) is 2.72. The van der Waals surface area contributed by atoms with Gasteiger partial charge in [-0.25, -0.2) is 0 Å². The Morgan fingerprint density at radius 2 is 1.41 bits per heavy atom. The van der Waals surface area contributed by atoms with Crippen molar-refractivity contribution in [3.63, 3.8) is 0 Å². The average molecular weight is 359 g/mol. The maximum atomic E-state index is 3.50. The van der Waals surface area contributed by atoms with Gasteiger partial charge in [0, 0.05) is 11.5 Å². The van der Waals surface area contributed by atoms with Crippen molar-refractivity contribution < 1.29 is 0 Å². The lowest BCUT2D eigenvalue weighted by Gasteiger charge is -2.21. The summed E-state index contributed by atoms with van der Waals surface area (Å²) in [6.07, 6.45) is 11.7. The van der Waals surface area contributed by atoms with E-state index in [0.717, 1.165) is 11.5 Å². The number of unbranched alkanes of at least 4 members (excludes halogenated alkanes) is 3. The number of rotatable bonds is 6. The van der Waals surface area contributed by atoms with Gasteiger partial charge in [-0.1, -0.05) is 81.3 Å². The molecule has 0 unspecified atom stereocenters. The predicted octanol–water partition coefficient (Wildman–Crippen LogP) is 7.65. The first-order valence-corrected chi connectivity index (χ1v) is 11.0. The first-order chi connectivity index (χ1) is 13.2. The third-order valence-electron chi connectivity index (χ3n) is 5.93. The van der Waals surface area contributed by atoms with Gasteiger partial charge in [-0.2, -0.15) is 0 Å². The molecular weight excluding hydrogens is 324 g/mol. The van der Waals surface area contributed by atoms with Crippen LogP contribution in [0.1, 0.15) is 76.3 Å². The summed E-state index contributed by atoms with van der Waals surface area (Å²) >= 11 is 0. The molecule has 3 rings (SSSR count). The molecule has 1 saturated carbocycles.